The van der Waals surface area contributed by atoms with Crippen LogP contribution in [0.2, 0.25) is 0 Å². The van der Waals surface area contributed by atoms with Crippen LogP contribution in [-0.2, 0) is 0 Å². The van der Waals surface area contributed by atoms with Crippen LogP contribution < -0.4 is 5.32 Å². The third-order valence-corrected chi connectivity index (χ3v) is 3.01. The van der Waals surface area contributed by atoms with Crippen molar-refractivity contribution in [2.75, 3.05) is 13.7 Å². The van der Waals surface area contributed by atoms with Crippen LogP contribution in [0, 0.1) is 6.92 Å². The van der Waals surface area contributed by atoms with Crippen molar-refractivity contribution in [2.45, 2.75) is 13.0 Å². The van der Waals surface area contributed by atoms with Crippen LogP contribution in [0.4, 0.5) is 0 Å². The van der Waals surface area contributed by atoms with Crippen LogP contribution in [0.5, 0.6) is 0 Å². The monoisotopic (exact) mass is 243 g/mol. The lowest BCUT2D eigenvalue weighted by Crippen LogP contribution is -2.19. The number of rotatable bonds is 3. The molecule has 0 aliphatic heterocycles. The molecule has 0 aromatic heterocycles. The van der Waals surface area contributed by atoms with E-state index >= 15 is 0 Å². The van der Waals surface area contributed by atoms with Gasteiger partial charge in [0.1, 0.15) is 0 Å². The van der Waals surface area contributed by atoms with Crippen molar-refractivity contribution in [1.82, 2.24) is 5.32 Å². The third-order valence-electron chi connectivity index (χ3n) is 2.12. The summed E-state index contributed by atoms with van der Waals surface area (Å²) in [6, 6.07) is 6.12. The molecule has 0 saturated heterocycles. The molecule has 72 valence electrons. The molecular weight excluding hydrogens is 230 g/mol. The van der Waals surface area contributed by atoms with E-state index in [1.54, 1.807) is 0 Å². The van der Waals surface area contributed by atoms with E-state index in [0.717, 1.165) is 10.0 Å². The van der Waals surface area contributed by atoms with Crippen LogP contribution in [0.15, 0.2) is 22.7 Å². The average molecular weight is 244 g/mol. The van der Waals surface area contributed by atoms with E-state index in [4.69, 9.17) is 5.11 Å². The minimum atomic E-state index is 0.0341. The molecule has 0 aliphatic rings. The molecule has 0 amide bonds. The van der Waals surface area contributed by atoms with Gasteiger partial charge >= 0.3 is 0 Å². The van der Waals surface area contributed by atoms with Gasteiger partial charge in [0.2, 0.25) is 0 Å². The lowest BCUT2D eigenvalue weighted by atomic mass is 10.1. The van der Waals surface area contributed by atoms with Crippen LogP contribution in [0.3, 0.4) is 0 Å². The molecular formula is C10H14BrNO. The number of halogens is 1. The fraction of sp³-hybridized carbons (Fsp3) is 0.400. The molecule has 0 radical (unpaired) electrons. The van der Waals surface area contributed by atoms with Gasteiger partial charge in [-0.25, -0.2) is 0 Å². The van der Waals surface area contributed by atoms with E-state index in [9.17, 15) is 0 Å². The number of aliphatic hydroxyl groups is 1. The van der Waals surface area contributed by atoms with Crippen molar-refractivity contribution in [3.8, 4) is 0 Å². The summed E-state index contributed by atoms with van der Waals surface area (Å²) >= 11 is 3.44. The van der Waals surface area contributed by atoms with Gasteiger partial charge in [0.05, 0.1) is 12.6 Å². The normalized spacial score (nSPS) is 12.9. The molecule has 0 heterocycles. The number of aryl methyl sites for hydroxylation is 1. The van der Waals surface area contributed by atoms with Crippen molar-refractivity contribution < 1.29 is 5.11 Å². The number of nitrogens with one attached hydrogen (secondary N) is 1. The van der Waals surface area contributed by atoms with Crippen molar-refractivity contribution in [1.29, 1.82) is 0 Å². The molecule has 0 spiro atoms. The first kappa shape index (κ1) is 10.7. The first-order chi connectivity index (χ1) is 6.19. The van der Waals surface area contributed by atoms with Gasteiger partial charge in [-0.3, -0.25) is 0 Å². The van der Waals surface area contributed by atoms with E-state index in [1.165, 1.54) is 5.56 Å². The smallest absolute Gasteiger partial charge is 0.0626 e. The zero-order valence-corrected chi connectivity index (χ0v) is 9.43. The highest BCUT2D eigenvalue weighted by Gasteiger charge is 2.07. The lowest BCUT2D eigenvalue weighted by molar-refractivity contribution is 0.251. The summed E-state index contributed by atoms with van der Waals surface area (Å²) in [5, 5.41) is 12.1. The summed E-state index contributed by atoms with van der Waals surface area (Å²) in [4.78, 5) is 0. The Balaban J connectivity index is 2.95. The predicted octanol–water partition coefficient (Wildman–Crippen LogP) is 2.01. The zero-order valence-electron chi connectivity index (χ0n) is 7.84. The van der Waals surface area contributed by atoms with Gasteiger partial charge in [0, 0.05) is 4.47 Å². The minimum absolute atomic E-state index is 0.0341. The third kappa shape index (κ3) is 2.53. The van der Waals surface area contributed by atoms with Crippen LogP contribution >= 0.6 is 15.9 Å². The minimum Gasteiger partial charge on any atom is -0.394 e. The molecule has 0 saturated carbocycles. The highest BCUT2D eigenvalue weighted by molar-refractivity contribution is 9.10. The van der Waals surface area contributed by atoms with Gasteiger partial charge in [0.25, 0.3) is 0 Å². The molecule has 1 atom stereocenters. The van der Waals surface area contributed by atoms with Gasteiger partial charge in [0.15, 0.2) is 0 Å². The summed E-state index contributed by atoms with van der Waals surface area (Å²) in [5.74, 6) is 0. The maximum absolute atomic E-state index is 9.07. The largest absolute Gasteiger partial charge is 0.394 e. The standard InChI is InChI=1S/C10H14BrNO/c1-7-5-8(3-4-9(7)11)10(6-13)12-2/h3-5,10,12-13H,6H2,1-2H3. The highest BCUT2D eigenvalue weighted by Crippen LogP contribution is 2.20. The second kappa shape index (κ2) is 4.74. The van der Waals surface area contributed by atoms with E-state index < -0.39 is 0 Å². The Kier molecular flexibility index (Phi) is 3.90. The number of benzene rings is 1. The fourth-order valence-corrected chi connectivity index (χ4v) is 1.49. The molecule has 1 rings (SSSR count). The Bertz CT molecular complexity index is 284. The van der Waals surface area contributed by atoms with Crippen molar-refractivity contribution in [3.63, 3.8) is 0 Å². The molecule has 2 nitrogen and oxygen atoms in total. The summed E-state index contributed by atoms with van der Waals surface area (Å²) in [6.45, 7) is 2.16. The molecule has 0 bridgehead atoms. The second-order valence-corrected chi connectivity index (χ2v) is 3.89. The van der Waals surface area contributed by atoms with E-state index in [2.05, 4.69) is 27.3 Å². The molecule has 1 aromatic carbocycles. The molecule has 1 aromatic rings. The topological polar surface area (TPSA) is 32.3 Å². The van der Waals surface area contributed by atoms with Gasteiger partial charge in [-0.15, -0.1) is 0 Å². The number of hydrogen-bond donors (Lipinski definition) is 2. The second-order valence-electron chi connectivity index (χ2n) is 3.03. The van der Waals surface area contributed by atoms with Gasteiger partial charge in [-0.2, -0.15) is 0 Å². The van der Waals surface area contributed by atoms with Gasteiger partial charge in [-0.05, 0) is 31.2 Å². The summed E-state index contributed by atoms with van der Waals surface area (Å²) < 4.78 is 1.10. The van der Waals surface area contributed by atoms with Crippen molar-refractivity contribution >= 4 is 15.9 Å². The molecule has 1 unspecified atom stereocenters. The molecule has 0 fully saturated rings. The van der Waals surface area contributed by atoms with Crippen molar-refractivity contribution in [2.24, 2.45) is 0 Å². The Morgan fingerprint density at radius 1 is 1.54 bits per heavy atom. The zero-order chi connectivity index (χ0) is 9.84. The summed E-state index contributed by atoms with van der Waals surface area (Å²) in [7, 11) is 1.85. The average Bonchev–Trinajstić information content (AvgIpc) is 2.13. The number of hydrogen-bond acceptors (Lipinski definition) is 2. The molecule has 13 heavy (non-hydrogen) atoms. The Morgan fingerprint density at radius 3 is 2.69 bits per heavy atom. The maximum atomic E-state index is 9.07. The lowest BCUT2D eigenvalue weighted by Gasteiger charge is -2.14. The Morgan fingerprint density at radius 2 is 2.23 bits per heavy atom. The number of likely N-dealkylation sites (N-methyl/N-ethyl adjacent to an activating group) is 1. The summed E-state index contributed by atoms with van der Waals surface area (Å²) in [5.41, 5.74) is 2.30. The fourth-order valence-electron chi connectivity index (χ4n) is 1.25. The van der Waals surface area contributed by atoms with Gasteiger partial charge in [-0.1, -0.05) is 28.1 Å². The van der Waals surface area contributed by atoms with Crippen LogP contribution in [0.25, 0.3) is 0 Å². The molecule has 3 heteroatoms. The highest BCUT2D eigenvalue weighted by atomic mass is 79.9. The molecule has 2 N–H and O–H groups in total. The van der Waals surface area contributed by atoms with Crippen LogP contribution in [0.1, 0.15) is 17.2 Å². The van der Waals surface area contributed by atoms with Gasteiger partial charge < -0.3 is 10.4 Å². The quantitative estimate of drug-likeness (QED) is 0.852. The SMILES string of the molecule is CNC(CO)c1ccc(Br)c(C)c1. The van der Waals surface area contributed by atoms with E-state index in [0.29, 0.717) is 0 Å². The van der Waals surface area contributed by atoms with Crippen LogP contribution in [-0.4, -0.2) is 18.8 Å². The number of aliphatic hydroxyl groups excluding tert-OH is 1. The maximum Gasteiger partial charge on any atom is 0.0626 e. The first-order valence-electron chi connectivity index (χ1n) is 4.23. The van der Waals surface area contributed by atoms with E-state index in [1.807, 2.05) is 26.1 Å². The van der Waals surface area contributed by atoms with E-state index in [-0.39, 0.29) is 12.6 Å². The predicted molar refractivity (Wildman–Crippen MR) is 57.8 cm³/mol. The summed E-state index contributed by atoms with van der Waals surface area (Å²) in [6.07, 6.45) is 0. The molecule has 0 aliphatic carbocycles. The Labute approximate surface area is 87.1 Å². The Hall–Kier alpha value is -0.380. The van der Waals surface area contributed by atoms with Crippen molar-refractivity contribution in [3.05, 3.63) is 33.8 Å². The first-order valence-corrected chi connectivity index (χ1v) is 5.02.